The number of rotatable bonds is 6. The van der Waals surface area contributed by atoms with Crippen molar-refractivity contribution in [2.75, 3.05) is 7.05 Å². The van der Waals surface area contributed by atoms with Gasteiger partial charge < -0.3 is 19.5 Å². The lowest BCUT2D eigenvalue weighted by Gasteiger charge is -2.36. The first-order chi connectivity index (χ1) is 15.5. The van der Waals surface area contributed by atoms with Crippen LogP contribution in [-0.4, -0.2) is 41.2 Å². The summed E-state index contributed by atoms with van der Waals surface area (Å²) in [5.74, 6) is 1.10. The van der Waals surface area contributed by atoms with Gasteiger partial charge in [-0.3, -0.25) is 4.79 Å². The van der Waals surface area contributed by atoms with E-state index in [1.54, 1.807) is 18.2 Å². The van der Waals surface area contributed by atoms with E-state index in [0.29, 0.717) is 29.4 Å². The Kier molecular flexibility index (Phi) is 5.89. The van der Waals surface area contributed by atoms with Crippen LogP contribution >= 0.6 is 11.6 Å². The molecule has 2 fully saturated rings. The minimum absolute atomic E-state index is 0.240. The average molecular weight is 452 g/mol. The van der Waals surface area contributed by atoms with Gasteiger partial charge in [-0.2, -0.15) is 0 Å². The Morgan fingerprint density at radius 2 is 1.91 bits per heavy atom. The highest BCUT2D eigenvalue weighted by atomic mass is 35.5. The van der Waals surface area contributed by atoms with E-state index in [2.05, 4.69) is 22.4 Å². The summed E-state index contributed by atoms with van der Waals surface area (Å²) in [5, 5.41) is 7.44. The van der Waals surface area contributed by atoms with E-state index < -0.39 is 0 Å². The Morgan fingerprint density at radius 1 is 1.16 bits per heavy atom. The van der Waals surface area contributed by atoms with Gasteiger partial charge in [-0.25, -0.2) is 0 Å². The van der Waals surface area contributed by atoms with Crippen LogP contribution in [0.15, 0.2) is 59.1 Å². The second-order valence-corrected chi connectivity index (χ2v) is 9.11. The molecule has 0 unspecified atom stereocenters. The number of aromatic nitrogens is 1. The lowest BCUT2D eigenvalue weighted by Crippen LogP contribution is -2.43. The number of amides is 1. The fourth-order valence-electron chi connectivity index (χ4n) is 4.78. The molecule has 7 heteroatoms. The Bertz CT molecular complexity index is 1080. The number of hydrogen-bond acceptors (Lipinski definition) is 5. The molecule has 1 amide bonds. The molecular formula is C25H26ClN3O3. The molecule has 0 radical (unpaired) electrons. The summed E-state index contributed by atoms with van der Waals surface area (Å²) in [5.41, 5.74) is 2.03. The second kappa shape index (κ2) is 8.96. The Labute approximate surface area is 192 Å². The largest absolute Gasteiger partial charge is 0.490 e. The Balaban J connectivity index is 1.18. The molecule has 0 saturated carbocycles. The number of fused-ring (bicyclic) bond motifs is 2. The summed E-state index contributed by atoms with van der Waals surface area (Å²) >= 11 is 5.92. The van der Waals surface area contributed by atoms with Crippen molar-refractivity contribution in [1.29, 1.82) is 0 Å². The molecule has 2 saturated heterocycles. The first kappa shape index (κ1) is 21.0. The predicted octanol–water partition coefficient (Wildman–Crippen LogP) is 4.93. The zero-order chi connectivity index (χ0) is 22.1. The molecule has 1 aromatic heterocycles. The first-order valence-electron chi connectivity index (χ1n) is 11.0. The lowest BCUT2D eigenvalue weighted by molar-refractivity contribution is 0.0661. The number of ether oxygens (including phenoxy) is 1. The molecule has 0 spiro atoms. The zero-order valence-electron chi connectivity index (χ0n) is 18.0. The van der Waals surface area contributed by atoms with E-state index in [9.17, 15) is 4.79 Å². The molecule has 0 aliphatic carbocycles. The molecule has 166 valence electrons. The molecule has 5 rings (SSSR count). The summed E-state index contributed by atoms with van der Waals surface area (Å²) in [6.45, 7) is 0.387. The first-order valence-corrected chi connectivity index (χ1v) is 11.4. The van der Waals surface area contributed by atoms with Gasteiger partial charge in [-0.05, 0) is 74.7 Å². The average Bonchev–Trinajstić information content (AvgIpc) is 3.35. The maximum atomic E-state index is 12.5. The standard InChI is InChI=1S/C25H26ClN3O3/c1-29-19-9-10-20(29)13-22(12-19)31-21-4-2-3-16(11-21)15-27-25(30)23-14-24(32-28-23)17-5-7-18(26)8-6-17/h2-8,11,14,19-20,22H,9-10,12-13,15H2,1H3,(H,27,30)/t19-,20+,22-. The number of nitrogens with zero attached hydrogens (tertiary/aromatic N) is 2. The van der Waals surface area contributed by atoms with Crippen LogP contribution in [0.1, 0.15) is 41.7 Å². The maximum absolute atomic E-state index is 12.5. The van der Waals surface area contributed by atoms with Gasteiger partial charge in [-0.15, -0.1) is 0 Å². The molecule has 2 aliphatic rings. The van der Waals surface area contributed by atoms with E-state index in [4.69, 9.17) is 20.9 Å². The van der Waals surface area contributed by atoms with Crippen molar-refractivity contribution in [3.8, 4) is 17.1 Å². The third-order valence-corrected chi connectivity index (χ3v) is 6.83. The predicted molar refractivity (Wildman–Crippen MR) is 123 cm³/mol. The van der Waals surface area contributed by atoms with Crippen LogP contribution in [0.5, 0.6) is 5.75 Å². The van der Waals surface area contributed by atoms with Crippen molar-refractivity contribution in [3.05, 3.63) is 70.9 Å². The summed E-state index contributed by atoms with van der Waals surface area (Å²) in [4.78, 5) is 15.0. The normalized spacial score (nSPS) is 22.6. The van der Waals surface area contributed by atoms with E-state index in [1.165, 1.54) is 12.8 Å². The fourth-order valence-corrected chi connectivity index (χ4v) is 4.91. The van der Waals surface area contributed by atoms with Crippen molar-refractivity contribution >= 4 is 17.5 Å². The van der Waals surface area contributed by atoms with E-state index >= 15 is 0 Å². The molecule has 2 aromatic carbocycles. The highest BCUT2D eigenvalue weighted by Crippen LogP contribution is 2.36. The number of halogens is 1. The van der Waals surface area contributed by atoms with Gasteiger partial charge in [0.05, 0.1) is 0 Å². The number of hydrogen-bond donors (Lipinski definition) is 1. The van der Waals surface area contributed by atoms with Crippen molar-refractivity contribution in [2.45, 2.75) is 50.4 Å². The SMILES string of the molecule is CN1[C@@H]2CC[C@H]1C[C@H](Oc1cccc(CNC(=O)c3cc(-c4ccc(Cl)cc4)on3)c1)C2. The van der Waals surface area contributed by atoms with Crippen molar-refractivity contribution in [2.24, 2.45) is 0 Å². The minimum atomic E-state index is -0.285. The molecule has 2 aliphatic heterocycles. The third kappa shape index (κ3) is 4.52. The van der Waals surface area contributed by atoms with Gasteiger partial charge >= 0.3 is 0 Å². The number of carbonyl (C=O) groups is 1. The molecular weight excluding hydrogens is 426 g/mol. The van der Waals surface area contributed by atoms with Crippen LogP contribution in [0, 0.1) is 0 Å². The quantitative estimate of drug-likeness (QED) is 0.575. The number of carbonyl (C=O) groups excluding carboxylic acids is 1. The monoisotopic (exact) mass is 451 g/mol. The Hall–Kier alpha value is -2.83. The van der Waals surface area contributed by atoms with Crippen molar-refractivity contribution < 1.29 is 14.1 Å². The summed E-state index contributed by atoms with van der Waals surface area (Å²) in [7, 11) is 2.23. The van der Waals surface area contributed by atoms with Crippen LogP contribution in [0.4, 0.5) is 0 Å². The van der Waals surface area contributed by atoms with Crippen molar-refractivity contribution in [1.82, 2.24) is 15.4 Å². The van der Waals surface area contributed by atoms with E-state index in [1.807, 2.05) is 36.4 Å². The maximum Gasteiger partial charge on any atom is 0.273 e. The molecule has 6 nitrogen and oxygen atoms in total. The Morgan fingerprint density at radius 3 is 2.66 bits per heavy atom. The lowest BCUT2D eigenvalue weighted by atomic mass is 10.0. The van der Waals surface area contributed by atoms with Gasteiger partial charge in [0.25, 0.3) is 5.91 Å². The van der Waals surface area contributed by atoms with Crippen LogP contribution in [0.2, 0.25) is 5.02 Å². The zero-order valence-corrected chi connectivity index (χ0v) is 18.7. The van der Waals surface area contributed by atoms with Gasteiger partial charge in [0.1, 0.15) is 11.9 Å². The van der Waals surface area contributed by atoms with Crippen molar-refractivity contribution in [3.63, 3.8) is 0 Å². The summed E-state index contributed by atoms with van der Waals surface area (Å²) in [6, 6.07) is 18.0. The van der Waals surface area contributed by atoms with E-state index in [0.717, 1.165) is 29.7 Å². The minimum Gasteiger partial charge on any atom is -0.490 e. The van der Waals surface area contributed by atoms with Crippen LogP contribution in [-0.2, 0) is 6.54 Å². The summed E-state index contributed by atoms with van der Waals surface area (Å²) < 4.78 is 11.6. The number of benzene rings is 2. The topological polar surface area (TPSA) is 67.6 Å². The highest BCUT2D eigenvalue weighted by Gasteiger charge is 2.39. The smallest absolute Gasteiger partial charge is 0.273 e. The highest BCUT2D eigenvalue weighted by molar-refractivity contribution is 6.30. The van der Waals surface area contributed by atoms with Crippen LogP contribution in [0.25, 0.3) is 11.3 Å². The molecule has 2 bridgehead atoms. The third-order valence-electron chi connectivity index (χ3n) is 6.58. The second-order valence-electron chi connectivity index (χ2n) is 8.68. The van der Waals surface area contributed by atoms with Crippen LogP contribution < -0.4 is 10.1 Å². The number of piperidine rings is 1. The number of nitrogens with one attached hydrogen (secondary N) is 1. The van der Waals surface area contributed by atoms with Gasteiger partial charge in [0.15, 0.2) is 11.5 Å². The van der Waals surface area contributed by atoms with Gasteiger partial charge in [-0.1, -0.05) is 28.9 Å². The fraction of sp³-hybridized carbons (Fsp3) is 0.360. The molecule has 3 atom stereocenters. The molecule has 3 aromatic rings. The molecule has 3 heterocycles. The van der Waals surface area contributed by atoms with Crippen LogP contribution in [0.3, 0.4) is 0 Å². The van der Waals surface area contributed by atoms with E-state index in [-0.39, 0.29) is 17.7 Å². The van der Waals surface area contributed by atoms with Gasteiger partial charge in [0.2, 0.25) is 0 Å². The van der Waals surface area contributed by atoms with Gasteiger partial charge in [0, 0.05) is 35.3 Å². The summed E-state index contributed by atoms with van der Waals surface area (Å²) in [6.07, 6.45) is 4.96. The molecule has 1 N–H and O–H groups in total. The molecule has 32 heavy (non-hydrogen) atoms.